The van der Waals surface area contributed by atoms with Crippen LogP contribution in [0.2, 0.25) is 0 Å². The second-order valence-corrected chi connectivity index (χ2v) is 2.85. The Morgan fingerprint density at radius 3 is 2.40 bits per heavy atom. The molecular weight excluding hydrogens is 155 g/mol. The lowest BCUT2D eigenvalue weighted by Crippen LogP contribution is -2.05. The standard InChI is InChI=1S/C5H9O4P/c1-3-5(4-2)9-10(6,7)8/h1,5H,4H2,2H3,(H2,6,7,8). The minimum Gasteiger partial charge on any atom is -0.303 e. The van der Waals surface area contributed by atoms with Gasteiger partial charge in [0.1, 0.15) is 6.10 Å². The molecule has 0 aromatic heterocycles. The number of phosphoric acid groups is 1. The van der Waals surface area contributed by atoms with E-state index in [9.17, 15) is 4.57 Å². The molecule has 1 unspecified atom stereocenters. The SMILES string of the molecule is C#CC(CC)OP(=O)(O)O. The zero-order chi connectivity index (χ0) is 8.20. The second-order valence-electron chi connectivity index (χ2n) is 1.66. The van der Waals surface area contributed by atoms with Gasteiger partial charge in [-0.25, -0.2) is 4.57 Å². The molecule has 0 spiro atoms. The summed E-state index contributed by atoms with van der Waals surface area (Å²) in [5.74, 6) is 2.09. The predicted molar refractivity (Wildman–Crippen MR) is 36.0 cm³/mol. The Hall–Kier alpha value is -0.330. The molecule has 0 bridgehead atoms. The lowest BCUT2D eigenvalue weighted by Gasteiger charge is -2.09. The Labute approximate surface area is 59.4 Å². The molecule has 5 heteroatoms. The molecule has 0 aliphatic carbocycles. The molecule has 0 heterocycles. The molecule has 0 aromatic carbocycles. The maximum Gasteiger partial charge on any atom is 0.470 e. The van der Waals surface area contributed by atoms with Gasteiger partial charge < -0.3 is 9.79 Å². The van der Waals surface area contributed by atoms with E-state index >= 15 is 0 Å². The van der Waals surface area contributed by atoms with Crippen molar-refractivity contribution >= 4 is 7.82 Å². The lowest BCUT2D eigenvalue weighted by atomic mass is 10.3. The third-order valence-electron chi connectivity index (χ3n) is 0.821. The Morgan fingerprint density at radius 1 is 1.80 bits per heavy atom. The lowest BCUT2D eigenvalue weighted by molar-refractivity contribution is 0.164. The molecule has 2 N–H and O–H groups in total. The van der Waals surface area contributed by atoms with Gasteiger partial charge in [0.15, 0.2) is 0 Å². The molecule has 0 saturated heterocycles. The number of rotatable bonds is 3. The van der Waals surface area contributed by atoms with E-state index in [1.165, 1.54) is 0 Å². The van der Waals surface area contributed by atoms with E-state index in [4.69, 9.17) is 16.2 Å². The van der Waals surface area contributed by atoms with Gasteiger partial charge in [-0.2, -0.15) is 0 Å². The van der Waals surface area contributed by atoms with Crippen molar-refractivity contribution in [3.63, 3.8) is 0 Å². The normalized spacial score (nSPS) is 14.2. The van der Waals surface area contributed by atoms with E-state index in [2.05, 4.69) is 10.4 Å². The van der Waals surface area contributed by atoms with Crippen molar-refractivity contribution in [3.05, 3.63) is 0 Å². The van der Waals surface area contributed by atoms with Gasteiger partial charge >= 0.3 is 7.82 Å². The van der Waals surface area contributed by atoms with Gasteiger partial charge in [-0.05, 0) is 6.42 Å². The minimum absolute atomic E-state index is 0.390. The van der Waals surface area contributed by atoms with E-state index in [0.717, 1.165) is 0 Å². The first-order valence-electron chi connectivity index (χ1n) is 2.69. The average molecular weight is 164 g/mol. The minimum atomic E-state index is -4.40. The van der Waals surface area contributed by atoms with Crippen LogP contribution in [0.25, 0.3) is 0 Å². The molecule has 0 saturated carbocycles. The Kier molecular flexibility index (Phi) is 3.62. The summed E-state index contributed by atoms with van der Waals surface area (Å²) in [5, 5.41) is 0. The van der Waals surface area contributed by atoms with Crippen molar-refractivity contribution in [3.8, 4) is 12.3 Å². The Bertz CT molecular complexity index is 177. The molecule has 0 radical (unpaired) electrons. The van der Waals surface area contributed by atoms with Crippen LogP contribution in [0.15, 0.2) is 0 Å². The molecule has 0 fully saturated rings. The molecule has 10 heavy (non-hydrogen) atoms. The van der Waals surface area contributed by atoms with Crippen LogP contribution in [0.4, 0.5) is 0 Å². The topological polar surface area (TPSA) is 66.8 Å². The van der Waals surface area contributed by atoms with Crippen LogP contribution in [0.3, 0.4) is 0 Å². The van der Waals surface area contributed by atoms with Crippen molar-refractivity contribution in [2.24, 2.45) is 0 Å². The number of hydrogen-bond acceptors (Lipinski definition) is 2. The van der Waals surface area contributed by atoms with Gasteiger partial charge in [-0.3, -0.25) is 4.52 Å². The van der Waals surface area contributed by atoms with Gasteiger partial charge in [0.2, 0.25) is 0 Å². The summed E-state index contributed by atoms with van der Waals surface area (Å²) >= 11 is 0. The first-order valence-corrected chi connectivity index (χ1v) is 4.22. The van der Waals surface area contributed by atoms with Gasteiger partial charge in [-0.15, -0.1) is 6.42 Å². The Balaban J connectivity index is 3.91. The van der Waals surface area contributed by atoms with Crippen molar-refractivity contribution in [2.75, 3.05) is 0 Å². The van der Waals surface area contributed by atoms with Crippen molar-refractivity contribution < 1.29 is 18.9 Å². The molecular formula is C5H9O4P. The quantitative estimate of drug-likeness (QED) is 0.471. The third kappa shape index (κ3) is 4.54. The van der Waals surface area contributed by atoms with E-state index in [1.807, 2.05) is 0 Å². The summed E-state index contributed by atoms with van der Waals surface area (Å²) in [7, 11) is -4.40. The third-order valence-corrected chi connectivity index (χ3v) is 1.35. The van der Waals surface area contributed by atoms with Gasteiger partial charge in [-0.1, -0.05) is 12.8 Å². The zero-order valence-corrected chi connectivity index (χ0v) is 6.41. The first kappa shape index (κ1) is 9.67. The number of hydrogen-bond donors (Lipinski definition) is 2. The second kappa shape index (κ2) is 3.75. The van der Waals surface area contributed by atoms with E-state index in [-0.39, 0.29) is 0 Å². The summed E-state index contributed by atoms with van der Waals surface area (Å²) in [4.78, 5) is 16.5. The van der Waals surface area contributed by atoms with Crippen LogP contribution in [0.5, 0.6) is 0 Å². The van der Waals surface area contributed by atoms with Gasteiger partial charge in [0, 0.05) is 0 Å². The highest BCUT2D eigenvalue weighted by atomic mass is 31.2. The van der Waals surface area contributed by atoms with Crippen LogP contribution in [-0.4, -0.2) is 15.9 Å². The first-order chi connectivity index (χ1) is 4.49. The van der Waals surface area contributed by atoms with Crippen LogP contribution < -0.4 is 0 Å². The highest BCUT2D eigenvalue weighted by molar-refractivity contribution is 7.46. The monoisotopic (exact) mass is 164 g/mol. The van der Waals surface area contributed by atoms with E-state index in [0.29, 0.717) is 6.42 Å². The largest absolute Gasteiger partial charge is 0.470 e. The summed E-state index contributed by atoms with van der Waals surface area (Å²) in [6.45, 7) is 1.68. The molecule has 1 atom stereocenters. The molecule has 0 aromatic rings. The number of terminal acetylenes is 1. The van der Waals surface area contributed by atoms with Crippen LogP contribution >= 0.6 is 7.82 Å². The Morgan fingerprint density at radius 2 is 2.30 bits per heavy atom. The van der Waals surface area contributed by atoms with Crippen LogP contribution in [0.1, 0.15) is 13.3 Å². The zero-order valence-electron chi connectivity index (χ0n) is 5.52. The summed E-state index contributed by atoms with van der Waals surface area (Å²) in [6, 6.07) is 0. The summed E-state index contributed by atoms with van der Waals surface area (Å²) in [6.07, 6.45) is 4.47. The van der Waals surface area contributed by atoms with Crippen molar-refractivity contribution in [1.82, 2.24) is 0 Å². The van der Waals surface area contributed by atoms with Crippen LogP contribution in [-0.2, 0) is 9.09 Å². The van der Waals surface area contributed by atoms with Crippen molar-refractivity contribution in [1.29, 1.82) is 0 Å². The average Bonchev–Trinajstić information content (AvgIpc) is 1.81. The van der Waals surface area contributed by atoms with E-state index in [1.54, 1.807) is 6.92 Å². The van der Waals surface area contributed by atoms with Gasteiger partial charge in [0.25, 0.3) is 0 Å². The highest BCUT2D eigenvalue weighted by Crippen LogP contribution is 2.37. The number of phosphoric ester groups is 1. The molecule has 0 amide bonds. The molecule has 58 valence electrons. The molecule has 0 aliphatic heterocycles. The predicted octanol–water partition coefficient (Wildman–Crippen LogP) is 0.507. The van der Waals surface area contributed by atoms with Gasteiger partial charge in [0.05, 0.1) is 0 Å². The van der Waals surface area contributed by atoms with Crippen molar-refractivity contribution in [2.45, 2.75) is 19.4 Å². The molecule has 0 rings (SSSR count). The highest BCUT2D eigenvalue weighted by Gasteiger charge is 2.18. The molecule has 4 nitrogen and oxygen atoms in total. The summed E-state index contributed by atoms with van der Waals surface area (Å²) < 4.78 is 14.3. The summed E-state index contributed by atoms with van der Waals surface area (Å²) in [5.41, 5.74) is 0. The smallest absolute Gasteiger partial charge is 0.303 e. The maximum atomic E-state index is 10.1. The van der Waals surface area contributed by atoms with E-state index < -0.39 is 13.9 Å². The maximum absolute atomic E-state index is 10.1. The fourth-order valence-corrected chi connectivity index (χ4v) is 0.930. The fraction of sp³-hybridized carbons (Fsp3) is 0.600. The fourth-order valence-electron chi connectivity index (χ4n) is 0.389. The van der Waals surface area contributed by atoms with Crippen LogP contribution in [0, 0.1) is 12.3 Å². The molecule has 0 aliphatic rings.